The van der Waals surface area contributed by atoms with E-state index in [1.165, 1.54) is 20.1 Å². The summed E-state index contributed by atoms with van der Waals surface area (Å²) in [5.74, 6) is -0.0460. The third-order valence-electron chi connectivity index (χ3n) is 4.90. The first-order valence-corrected chi connectivity index (χ1v) is 10.4. The van der Waals surface area contributed by atoms with E-state index in [9.17, 15) is 9.59 Å². The Bertz CT molecular complexity index is 1180. The van der Waals surface area contributed by atoms with Crippen LogP contribution >= 0.6 is 11.6 Å². The van der Waals surface area contributed by atoms with Crippen LogP contribution in [0, 0.1) is 13.8 Å². The zero-order valence-corrected chi connectivity index (χ0v) is 19.2. The van der Waals surface area contributed by atoms with Gasteiger partial charge in [-0.05, 0) is 43.7 Å². The van der Waals surface area contributed by atoms with Gasteiger partial charge in [0.25, 0.3) is 0 Å². The molecule has 1 heterocycles. The van der Waals surface area contributed by atoms with Crippen LogP contribution in [0.15, 0.2) is 48.5 Å². The third kappa shape index (κ3) is 5.56. The van der Waals surface area contributed by atoms with Gasteiger partial charge in [0, 0.05) is 41.0 Å². The number of anilines is 2. The lowest BCUT2D eigenvalue weighted by Gasteiger charge is -2.11. The van der Waals surface area contributed by atoms with Gasteiger partial charge in [0.2, 0.25) is 11.8 Å². The molecule has 0 saturated carbocycles. The highest BCUT2D eigenvalue weighted by atomic mass is 35.5. The molecule has 0 aliphatic carbocycles. The fourth-order valence-corrected chi connectivity index (χ4v) is 3.49. The van der Waals surface area contributed by atoms with E-state index >= 15 is 0 Å². The minimum Gasteiger partial charge on any atom is -0.494 e. The van der Waals surface area contributed by atoms with Gasteiger partial charge in [-0.25, -0.2) is 0 Å². The Kier molecular flexibility index (Phi) is 7.33. The molecule has 2 N–H and O–H groups in total. The Morgan fingerprint density at radius 1 is 1.16 bits per heavy atom. The number of amides is 2. The average Bonchev–Trinajstić information content (AvgIpc) is 3.01. The van der Waals surface area contributed by atoms with E-state index in [-0.39, 0.29) is 11.8 Å². The molecule has 1 aromatic heterocycles. The summed E-state index contributed by atoms with van der Waals surface area (Å²) in [5.41, 5.74) is 4.70. The Morgan fingerprint density at radius 2 is 1.91 bits per heavy atom. The molecule has 3 aromatic rings. The van der Waals surface area contributed by atoms with Crippen molar-refractivity contribution in [3.63, 3.8) is 0 Å². The first kappa shape index (κ1) is 23.1. The molecule has 0 atom stereocenters. The van der Waals surface area contributed by atoms with Crippen molar-refractivity contribution in [3.05, 3.63) is 76.1 Å². The summed E-state index contributed by atoms with van der Waals surface area (Å²) in [6.45, 7) is 5.83. The molecule has 0 unspecified atom stereocenters. The zero-order chi connectivity index (χ0) is 23.3. The summed E-state index contributed by atoms with van der Waals surface area (Å²) >= 11 is 6.27. The van der Waals surface area contributed by atoms with Gasteiger partial charge in [-0.15, -0.1) is 0 Å². The maximum absolute atomic E-state index is 12.5. The van der Waals surface area contributed by atoms with Crippen LogP contribution in [0.1, 0.15) is 29.4 Å². The van der Waals surface area contributed by atoms with Crippen LogP contribution in [-0.4, -0.2) is 28.7 Å². The molecule has 32 heavy (non-hydrogen) atoms. The Balaban J connectivity index is 1.72. The van der Waals surface area contributed by atoms with Crippen LogP contribution in [0.2, 0.25) is 5.02 Å². The van der Waals surface area contributed by atoms with Gasteiger partial charge in [-0.1, -0.05) is 29.8 Å². The van der Waals surface area contributed by atoms with Gasteiger partial charge < -0.3 is 15.4 Å². The first-order chi connectivity index (χ1) is 15.3. The van der Waals surface area contributed by atoms with Crippen molar-refractivity contribution in [3.8, 4) is 5.75 Å². The van der Waals surface area contributed by atoms with E-state index in [1.807, 2.05) is 42.8 Å². The summed E-state index contributed by atoms with van der Waals surface area (Å²) in [7, 11) is 1.50. The predicted octanol–water partition coefficient (Wildman–Crippen LogP) is 4.82. The summed E-state index contributed by atoms with van der Waals surface area (Å²) in [6, 6.07) is 12.7. The van der Waals surface area contributed by atoms with Crippen LogP contribution in [0.25, 0.3) is 6.08 Å². The second kappa shape index (κ2) is 10.2. The second-order valence-corrected chi connectivity index (χ2v) is 7.66. The first-order valence-electron chi connectivity index (χ1n) is 10.0. The Morgan fingerprint density at radius 3 is 2.59 bits per heavy atom. The molecule has 3 rings (SSSR count). The van der Waals surface area contributed by atoms with Crippen molar-refractivity contribution in [2.24, 2.45) is 0 Å². The molecule has 0 aliphatic rings. The standard InChI is InChI=1S/C24H25ClN4O3/c1-15-20(16(2)29(28-15)14-18-7-5-6-8-21(18)25)10-12-24(31)27-19-9-11-22(26-17(3)30)23(13-19)32-4/h5-13H,14H2,1-4H3,(H,26,30)(H,27,31)/b12-10+. The molecule has 2 amide bonds. The van der Waals surface area contributed by atoms with E-state index in [0.29, 0.717) is 28.7 Å². The fraction of sp³-hybridized carbons (Fsp3) is 0.208. The van der Waals surface area contributed by atoms with Gasteiger partial charge in [0.15, 0.2) is 0 Å². The molecule has 0 saturated heterocycles. The minimum atomic E-state index is -0.294. The lowest BCUT2D eigenvalue weighted by Crippen LogP contribution is -2.10. The second-order valence-electron chi connectivity index (χ2n) is 7.25. The topological polar surface area (TPSA) is 85.2 Å². The molecule has 0 radical (unpaired) electrons. The van der Waals surface area contributed by atoms with Crippen molar-refractivity contribution >= 4 is 40.9 Å². The quantitative estimate of drug-likeness (QED) is 0.503. The number of carbonyl (C=O) groups excluding carboxylic acids is 2. The highest BCUT2D eigenvalue weighted by Crippen LogP contribution is 2.28. The largest absolute Gasteiger partial charge is 0.494 e. The molecule has 0 spiro atoms. The van der Waals surface area contributed by atoms with Gasteiger partial charge in [-0.2, -0.15) is 5.10 Å². The lowest BCUT2D eigenvalue weighted by molar-refractivity contribution is -0.114. The highest BCUT2D eigenvalue weighted by Gasteiger charge is 2.12. The van der Waals surface area contributed by atoms with Crippen LogP contribution in [0.3, 0.4) is 0 Å². The molecule has 0 bridgehead atoms. The number of methoxy groups -OCH3 is 1. The minimum absolute atomic E-state index is 0.205. The normalized spacial score (nSPS) is 10.9. The van der Waals surface area contributed by atoms with Gasteiger partial charge >= 0.3 is 0 Å². The number of hydrogen-bond acceptors (Lipinski definition) is 4. The van der Waals surface area contributed by atoms with Crippen molar-refractivity contribution in [1.29, 1.82) is 0 Å². The summed E-state index contributed by atoms with van der Waals surface area (Å²) in [6.07, 6.45) is 3.21. The monoisotopic (exact) mass is 452 g/mol. The van der Waals surface area contributed by atoms with E-state index in [1.54, 1.807) is 24.3 Å². The Labute approximate surface area is 192 Å². The van der Waals surface area contributed by atoms with Crippen LogP contribution in [0.4, 0.5) is 11.4 Å². The van der Waals surface area contributed by atoms with Crippen LogP contribution in [-0.2, 0) is 16.1 Å². The number of ether oxygens (including phenoxy) is 1. The van der Waals surface area contributed by atoms with E-state index in [0.717, 1.165) is 22.5 Å². The molecule has 166 valence electrons. The molecule has 8 heteroatoms. The number of benzene rings is 2. The number of nitrogens with zero attached hydrogens (tertiary/aromatic N) is 2. The van der Waals surface area contributed by atoms with E-state index in [4.69, 9.17) is 16.3 Å². The number of rotatable bonds is 7. The summed E-state index contributed by atoms with van der Waals surface area (Å²) < 4.78 is 7.16. The van der Waals surface area contributed by atoms with E-state index < -0.39 is 0 Å². The molecular weight excluding hydrogens is 428 g/mol. The number of halogens is 1. The lowest BCUT2D eigenvalue weighted by atomic mass is 10.1. The van der Waals surface area contributed by atoms with Crippen molar-refractivity contribution < 1.29 is 14.3 Å². The zero-order valence-electron chi connectivity index (χ0n) is 18.4. The molecule has 0 fully saturated rings. The number of nitrogens with one attached hydrogen (secondary N) is 2. The van der Waals surface area contributed by atoms with Crippen LogP contribution < -0.4 is 15.4 Å². The number of carbonyl (C=O) groups is 2. The predicted molar refractivity (Wildman–Crippen MR) is 127 cm³/mol. The molecule has 7 nitrogen and oxygen atoms in total. The maximum Gasteiger partial charge on any atom is 0.248 e. The Hall–Kier alpha value is -3.58. The fourth-order valence-electron chi connectivity index (χ4n) is 3.30. The third-order valence-corrected chi connectivity index (χ3v) is 5.27. The SMILES string of the molecule is COc1cc(NC(=O)/C=C/c2c(C)nn(Cc3ccccc3Cl)c2C)ccc1NC(C)=O. The smallest absolute Gasteiger partial charge is 0.248 e. The van der Waals surface area contributed by atoms with Crippen molar-refractivity contribution in [2.75, 3.05) is 17.7 Å². The van der Waals surface area contributed by atoms with Crippen LogP contribution in [0.5, 0.6) is 5.75 Å². The highest BCUT2D eigenvalue weighted by molar-refractivity contribution is 6.31. The maximum atomic E-state index is 12.5. The van der Waals surface area contributed by atoms with Gasteiger partial charge in [0.05, 0.1) is 25.0 Å². The number of hydrogen-bond donors (Lipinski definition) is 2. The van der Waals surface area contributed by atoms with Crippen molar-refractivity contribution in [1.82, 2.24) is 9.78 Å². The molecule has 0 aliphatic heterocycles. The molecule has 2 aromatic carbocycles. The van der Waals surface area contributed by atoms with Crippen molar-refractivity contribution in [2.45, 2.75) is 27.3 Å². The average molecular weight is 453 g/mol. The number of aromatic nitrogens is 2. The van der Waals surface area contributed by atoms with E-state index in [2.05, 4.69) is 15.7 Å². The summed E-state index contributed by atoms with van der Waals surface area (Å²) in [4.78, 5) is 23.7. The summed E-state index contributed by atoms with van der Waals surface area (Å²) in [5, 5.41) is 10.8. The van der Waals surface area contributed by atoms with Gasteiger partial charge in [0.1, 0.15) is 5.75 Å². The molecular formula is C24H25ClN4O3. The van der Waals surface area contributed by atoms with Gasteiger partial charge in [-0.3, -0.25) is 14.3 Å². The number of aryl methyl sites for hydroxylation is 1.